The van der Waals surface area contributed by atoms with Gasteiger partial charge in [0.25, 0.3) is 5.91 Å². The van der Waals surface area contributed by atoms with Crippen molar-refractivity contribution in [3.8, 4) is 22.8 Å². The summed E-state index contributed by atoms with van der Waals surface area (Å²) in [6.07, 6.45) is 2.60. The first-order valence-electron chi connectivity index (χ1n) is 8.57. The Balaban J connectivity index is 1.44. The summed E-state index contributed by atoms with van der Waals surface area (Å²) in [4.78, 5) is 19.9. The molecule has 2 N–H and O–H groups in total. The van der Waals surface area contributed by atoms with Gasteiger partial charge < -0.3 is 19.8 Å². The van der Waals surface area contributed by atoms with Crippen LogP contribution < -0.4 is 14.8 Å². The van der Waals surface area contributed by atoms with Crippen molar-refractivity contribution in [2.45, 2.75) is 19.9 Å². The zero-order chi connectivity index (χ0) is 18.8. The van der Waals surface area contributed by atoms with Crippen molar-refractivity contribution < 1.29 is 14.3 Å². The molecule has 1 amide bonds. The fourth-order valence-corrected chi connectivity index (χ4v) is 3.74. The number of H-pyrrole nitrogens is 1. The van der Waals surface area contributed by atoms with Gasteiger partial charge in [-0.1, -0.05) is 11.6 Å². The highest BCUT2D eigenvalue weighted by Gasteiger charge is 2.16. The molecule has 0 bridgehead atoms. The molecule has 0 atom stereocenters. The van der Waals surface area contributed by atoms with E-state index >= 15 is 0 Å². The average Bonchev–Trinajstić information content (AvgIpc) is 3.23. The number of benzene rings is 1. The van der Waals surface area contributed by atoms with E-state index in [0.717, 1.165) is 28.2 Å². The first kappa shape index (κ1) is 17.9. The molecule has 8 heteroatoms. The van der Waals surface area contributed by atoms with Gasteiger partial charge in [0.15, 0.2) is 11.5 Å². The lowest BCUT2D eigenvalue weighted by molar-refractivity contribution is 0.0946. The Bertz CT molecular complexity index is 982. The third-order valence-corrected chi connectivity index (χ3v) is 5.21. The maximum absolute atomic E-state index is 12.4. The highest BCUT2D eigenvalue weighted by Crippen LogP contribution is 2.38. The van der Waals surface area contributed by atoms with Crippen LogP contribution in [0.5, 0.6) is 11.5 Å². The second kappa shape index (κ2) is 7.62. The molecule has 140 valence electrons. The number of carbonyl (C=O) groups excluding carboxylic acids is 1. The van der Waals surface area contributed by atoms with Gasteiger partial charge in [0.05, 0.1) is 28.9 Å². The Morgan fingerprint density at radius 3 is 3.00 bits per heavy atom. The number of hydrogen-bond acceptors (Lipinski definition) is 5. The number of hydrogen-bond donors (Lipinski definition) is 2. The summed E-state index contributed by atoms with van der Waals surface area (Å²) in [7, 11) is 0. The van der Waals surface area contributed by atoms with Crippen LogP contribution in [0.2, 0.25) is 5.02 Å². The molecule has 1 aliphatic rings. The molecule has 0 spiro atoms. The van der Waals surface area contributed by atoms with E-state index in [2.05, 4.69) is 15.3 Å². The van der Waals surface area contributed by atoms with Crippen LogP contribution in [0.25, 0.3) is 11.3 Å². The van der Waals surface area contributed by atoms with Crippen molar-refractivity contribution in [2.75, 3.05) is 13.2 Å². The van der Waals surface area contributed by atoms with Crippen LogP contribution in [-0.4, -0.2) is 29.1 Å². The van der Waals surface area contributed by atoms with Gasteiger partial charge in [-0.15, -0.1) is 11.3 Å². The number of aromatic nitrogens is 2. The van der Waals surface area contributed by atoms with Crippen LogP contribution in [0.4, 0.5) is 0 Å². The number of halogens is 1. The maximum Gasteiger partial charge on any atom is 0.267 e. The average molecular weight is 404 g/mol. The lowest BCUT2D eigenvalue weighted by atomic mass is 10.2. The Morgan fingerprint density at radius 1 is 1.33 bits per heavy atom. The van der Waals surface area contributed by atoms with Crippen molar-refractivity contribution in [3.63, 3.8) is 0 Å². The molecule has 0 saturated heterocycles. The maximum atomic E-state index is 12.4. The molecule has 3 aromatic rings. The standard InChI is InChI=1S/C19H18ClN3O3S/c1-11-23-16(10-27-11)13-7-15(21-9-13)19(24)22-8-12-5-14(20)18-17(6-12)25-3-2-4-26-18/h5-7,9-10,21H,2-4,8H2,1H3,(H,22,24). The molecule has 2 aromatic heterocycles. The van der Waals surface area contributed by atoms with Crippen LogP contribution in [0.3, 0.4) is 0 Å². The van der Waals surface area contributed by atoms with E-state index in [-0.39, 0.29) is 5.91 Å². The van der Waals surface area contributed by atoms with E-state index in [1.54, 1.807) is 29.7 Å². The molecule has 0 fully saturated rings. The predicted molar refractivity (Wildman–Crippen MR) is 105 cm³/mol. The van der Waals surface area contributed by atoms with Crippen LogP contribution in [-0.2, 0) is 6.54 Å². The quantitative estimate of drug-likeness (QED) is 0.684. The topological polar surface area (TPSA) is 76.2 Å². The first-order valence-corrected chi connectivity index (χ1v) is 9.83. The van der Waals surface area contributed by atoms with Gasteiger partial charge in [-0.3, -0.25) is 4.79 Å². The molecule has 1 aromatic carbocycles. The van der Waals surface area contributed by atoms with Gasteiger partial charge in [-0.05, 0) is 30.7 Å². The minimum absolute atomic E-state index is 0.198. The SMILES string of the molecule is Cc1nc(-c2c[nH]c(C(=O)NCc3cc(Cl)c4c(c3)OCCCO4)c2)cs1. The summed E-state index contributed by atoms with van der Waals surface area (Å²) in [5, 5.41) is 6.34. The summed E-state index contributed by atoms with van der Waals surface area (Å²) < 4.78 is 11.3. The Hall–Kier alpha value is -2.51. The molecule has 0 unspecified atom stereocenters. The molecule has 4 rings (SSSR count). The van der Waals surface area contributed by atoms with E-state index in [0.29, 0.717) is 42.0 Å². The highest BCUT2D eigenvalue weighted by molar-refractivity contribution is 7.09. The lowest BCUT2D eigenvalue weighted by Crippen LogP contribution is -2.23. The van der Waals surface area contributed by atoms with Gasteiger partial charge in [-0.25, -0.2) is 4.98 Å². The number of nitrogens with one attached hydrogen (secondary N) is 2. The zero-order valence-electron chi connectivity index (χ0n) is 14.7. The van der Waals surface area contributed by atoms with Crippen molar-refractivity contribution in [1.29, 1.82) is 0 Å². The lowest BCUT2D eigenvalue weighted by Gasteiger charge is -2.12. The Kier molecular flexibility index (Phi) is 5.05. The van der Waals surface area contributed by atoms with Crippen LogP contribution in [0, 0.1) is 6.92 Å². The molecule has 1 aliphatic heterocycles. The number of amides is 1. The van der Waals surface area contributed by atoms with E-state index in [1.807, 2.05) is 18.4 Å². The Morgan fingerprint density at radius 2 is 2.19 bits per heavy atom. The minimum Gasteiger partial charge on any atom is -0.489 e. The second-order valence-electron chi connectivity index (χ2n) is 6.19. The van der Waals surface area contributed by atoms with Gasteiger partial charge in [0.2, 0.25) is 0 Å². The predicted octanol–water partition coefficient (Wildman–Crippen LogP) is 4.19. The number of nitrogens with zero attached hydrogens (tertiary/aromatic N) is 1. The monoisotopic (exact) mass is 403 g/mol. The number of fused-ring (bicyclic) bond motifs is 1. The van der Waals surface area contributed by atoms with Gasteiger partial charge >= 0.3 is 0 Å². The van der Waals surface area contributed by atoms with Gasteiger partial charge in [0.1, 0.15) is 5.69 Å². The number of rotatable bonds is 4. The van der Waals surface area contributed by atoms with E-state index in [4.69, 9.17) is 21.1 Å². The highest BCUT2D eigenvalue weighted by atomic mass is 35.5. The number of ether oxygens (including phenoxy) is 2. The van der Waals surface area contributed by atoms with Crippen LogP contribution in [0.1, 0.15) is 27.5 Å². The van der Waals surface area contributed by atoms with Gasteiger partial charge in [-0.2, -0.15) is 0 Å². The number of thiazole rings is 1. The summed E-state index contributed by atoms with van der Waals surface area (Å²) in [5.41, 5.74) is 3.08. The van der Waals surface area contributed by atoms with Crippen molar-refractivity contribution in [1.82, 2.24) is 15.3 Å². The summed E-state index contributed by atoms with van der Waals surface area (Å²) >= 11 is 7.87. The molecule has 3 heterocycles. The molecule has 6 nitrogen and oxygen atoms in total. The van der Waals surface area contributed by atoms with E-state index in [1.165, 1.54) is 0 Å². The largest absolute Gasteiger partial charge is 0.489 e. The van der Waals surface area contributed by atoms with Crippen molar-refractivity contribution in [2.24, 2.45) is 0 Å². The number of carbonyl (C=O) groups is 1. The molecule has 0 radical (unpaired) electrons. The third kappa shape index (κ3) is 3.94. The van der Waals surface area contributed by atoms with E-state index < -0.39 is 0 Å². The third-order valence-electron chi connectivity index (χ3n) is 4.16. The molecule has 0 aliphatic carbocycles. The second-order valence-corrected chi connectivity index (χ2v) is 7.66. The molecular weight excluding hydrogens is 386 g/mol. The van der Waals surface area contributed by atoms with Crippen molar-refractivity contribution >= 4 is 28.8 Å². The smallest absolute Gasteiger partial charge is 0.267 e. The summed E-state index contributed by atoms with van der Waals surface area (Å²) in [5.74, 6) is 0.985. The summed E-state index contributed by atoms with van der Waals surface area (Å²) in [6, 6.07) is 5.43. The normalized spacial score (nSPS) is 13.3. The minimum atomic E-state index is -0.198. The molecule has 0 saturated carbocycles. The number of aromatic amines is 1. The van der Waals surface area contributed by atoms with Crippen LogP contribution in [0.15, 0.2) is 29.8 Å². The van der Waals surface area contributed by atoms with Crippen LogP contribution >= 0.6 is 22.9 Å². The van der Waals surface area contributed by atoms with Gasteiger partial charge in [0, 0.05) is 30.1 Å². The summed E-state index contributed by atoms with van der Waals surface area (Å²) in [6.45, 7) is 3.45. The fraction of sp³-hybridized carbons (Fsp3) is 0.263. The Labute approximate surface area is 165 Å². The number of aryl methyl sites for hydroxylation is 1. The first-order chi connectivity index (χ1) is 13.1. The van der Waals surface area contributed by atoms with Crippen molar-refractivity contribution in [3.05, 3.63) is 51.1 Å². The zero-order valence-corrected chi connectivity index (χ0v) is 16.2. The fourth-order valence-electron chi connectivity index (χ4n) is 2.83. The van der Waals surface area contributed by atoms with E-state index in [9.17, 15) is 4.79 Å². The molecule has 27 heavy (non-hydrogen) atoms. The molecular formula is C19H18ClN3O3S.